The molecule has 3 aliphatic rings. The fraction of sp³-hybridized carbons (Fsp3) is 0.609. The van der Waals surface area contributed by atoms with Gasteiger partial charge in [-0.1, -0.05) is 25.7 Å². The first kappa shape index (κ1) is 17.3. The van der Waals surface area contributed by atoms with Crippen molar-refractivity contribution >= 4 is 22.5 Å². The van der Waals surface area contributed by atoms with Gasteiger partial charge in [0.25, 0.3) is 0 Å². The second kappa shape index (κ2) is 7.31. The Morgan fingerprint density at radius 2 is 1.81 bits per heavy atom. The van der Waals surface area contributed by atoms with Crippen molar-refractivity contribution in [3.05, 3.63) is 29.5 Å². The van der Waals surface area contributed by atoms with Crippen molar-refractivity contribution in [2.24, 2.45) is 5.92 Å². The van der Waals surface area contributed by atoms with Crippen LogP contribution in [0.25, 0.3) is 10.9 Å². The molecular weight excluding hydrogens is 334 g/mol. The molecule has 0 saturated heterocycles. The van der Waals surface area contributed by atoms with Gasteiger partial charge in [0.2, 0.25) is 5.91 Å². The van der Waals surface area contributed by atoms with Gasteiger partial charge in [-0.3, -0.25) is 4.79 Å². The van der Waals surface area contributed by atoms with Crippen LogP contribution in [0.1, 0.15) is 81.5 Å². The number of anilines is 1. The van der Waals surface area contributed by atoms with Crippen LogP contribution in [0.3, 0.4) is 0 Å². The highest BCUT2D eigenvalue weighted by Crippen LogP contribution is 2.37. The Hall–Kier alpha value is -1.81. The number of carbonyl (C=O) groups is 1. The summed E-state index contributed by atoms with van der Waals surface area (Å²) in [6.07, 6.45) is 13.7. The molecule has 2 fully saturated rings. The summed E-state index contributed by atoms with van der Waals surface area (Å²) >= 11 is 0. The monoisotopic (exact) mass is 365 g/mol. The zero-order chi connectivity index (χ0) is 18.2. The Morgan fingerprint density at radius 3 is 2.59 bits per heavy atom. The minimum Gasteiger partial charge on any atom is -0.357 e. The van der Waals surface area contributed by atoms with E-state index in [1.54, 1.807) is 0 Å². The number of aryl methyl sites for hydroxylation is 1. The first-order valence-corrected chi connectivity index (χ1v) is 11.0. The van der Waals surface area contributed by atoms with Crippen molar-refractivity contribution in [3.8, 4) is 0 Å². The van der Waals surface area contributed by atoms with Crippen LogP contribution in [-0.4, -0.2) is 16.9 Å². The number of benzene rings is 1. The number of carbonyl (C=O) groups excluding carboxylic acids is 1. The normalized spacial score (nSPS) is 23.8. The van der Waals surface area contributed by atoms with E-state index in [-0.39, 0.29) is 11.8 Å². The summed E-state index contributed by atoms with van der Waals surface area (Å²) in [5, 5.41) is 8.39. The highest BCUT2D eigenvalue weighted by atomic mass is 16.1. The molecule has 1 aromatic heterocycles. The zero-order valence-electron chi connectivity index (χ0n) is 16.2. The van der Waals surface area contributed by atoms with Crippen LogP contribution in [0.15, 0.2) is 18.2 Å². The predicted molar refractivity (Wildman–Crippen MR) is 110 cm³/mol. The standard InChI is InChI=1S/C23H31N3O/c27-23(15-6-4-7-15)25-17-12-13-20-19(14-17)18-10-5-11-21(22(18)26-20)24-16-8-2-1-3-9-16/h12-16,21,24,26H,1-11H2,(H,25,27). The number of hydrogen-bond donors (Lipinski definition) is 3. The van der Waals surface area contributed by atoms with E-state index >= 15 is 0 Å². The van der Waals surface area contributed by atoms with Crippen molar-refractivity contribution in [1.82, 2.24) is 10.3 Å². The van der Waals surface area contributed by atoms with E-state index in [1.807, 2.05) is 6.07 Å². The molecule has 4 heteroatoms. The van der Waals surface area contributed by atoms with Gasteiger partial charge in [-0.25, -0.2) is 0 Å². The second-order valence-corrected chi connectivity index (χ2v) is 8.84. The molecule has 4 nitrogen and oxygen atoms in total. The van der Waals surface area contributed by atoms with Gasteiger partial charge in [-0.15, -0.1) is 0 Å². The minimum absolute atomic E-state index is 0.196. The highest BCUT2D eigenvalue weighted by molar-refractivity contribution is 5.96. The molecule has 1 amide bonds. The third-order valence-electron chi connectivity index (χ3n) is 6.99. The van der Waals surface area contributed by atoms with Crippen molar-refractivity contribution in [3.63, 3.8) is 0 Å². The lowest BCUT2D eigenvalue weighted by atomic mass is 9.85. The first-order chi connectivity index (χ1) is 13.3. The Kier molecular flexibility index (Phi) is 4.68. The summed E-state index contributed by atoms with van der Waals surface area (Å²) in [4.78, 5) is 16.0. The molecule has 0 bridgehead atoms. The van der Waals surface area contributed by atoms with Crippen LogP contribution < -0.4 is 10.6 Å². The Bertz CT molecular complexity index is 830. The molecule has 2 aromatic rings. The smallest absolute Gasteiger partial charge is 0.227 e. The molecule has 144 valence electrons. The van der Waals surface area contributed by atoms with Crippen LogP contribution in [0.4, 0.5) is 5.69 Å². The number of fused-ring (bicyclic) bond motifs is 3. The van der Waals surface area contributed by atoms with Crippen LogP contribution in [0.2, 0.25) is 0 Å². The van der Waals surface area contributed by atoms with E-state index in [2.05, 4.69) is 27.8 Å². The third-order valence-corrected chi connectivity index (χ3v) is 6.99. The van der Waals surface area contributed by atoms with E-state index < -0.39 is 0 Å². The second-order valence-electron chi connectivity index (χ2n) is 8.84. The van der Waals surface area contributed by atoms with Gasteiger partial charge in [0, 0.05) is 40.3 Å². The van der Waals surface area contributed by atoms with E-state index in [0.717, 1.165) is 24.9 Å². The maximum absolute atomic E-state index is 12.3. The van der Waals surface area contributed by atoms with Crippen molar-refractivity contribution < 1.29 is 4.79 Å². The van der Waals surface area contributed by atoms with Crippen LogP contribution in [0, 0.1) is 5.92 Å². The largest absolute Gasteiger partial charge is 0.357 e. The number of hydrogen-bond acceptors (Lipinski definition) is 2. The molecule has 5 rings (SSSR count). The number of aromatic amines is 1. The number of aromatic nitrogens is 1. The van der Waals surface area contributed by atoms with Crippen LogP contribution >= 0.6 is 0 Å². The van der Waals surface area contributed by atoms with E-state index in [4.69, 9.17) is 0 Å². The summed E-state index contributed by atoms with van der Waals surface area (Å²) in [5.74, 6) is 0.423. The molecule has 0 radical (unpaired) electrons. The Labute approximate surface area is 161 Å². The number of rotatable bonds is 4. The summed E-state index contributed by atoms with van der Waals surface area (Å²) in [5.41, 5.74) is 5.01. The molecule has 27 heavy (non-hydrogen) atoms. The lowest BCUT2D eigenvalue weighted by molar-refractivity contribution is -0.122. The van der Waals surface area contributed by atoms with E-state index in [1.165, 1.54) is 73.5 Å². The van der Waals surface area contributed by atoms with Gasteiger partial charge in [0.1, 0.15) is 0 Å². The van der Waals surface area contributed by atoms with Gasteiger partial charge in [0.05, 0.1) is 0 Å². The lowest BCUT2D eigenvalue weighted by Crippen LogP contribution is -2.36. The summed E-state index contributed by atoms with van der Waals surface area (Å²) in [7, 11) is 0. The fourth-order valence-electron chi connectivity index (χ4n) is 5.18. The van der Waals surface area contributed by atoms with Crippen molar-refractivity contribution in [2.75, 3.05) is 5.32 Å². The Morgan fingerprint density at radius 1 is 0.963 bits per heavy atom. The molecule has 1 heterocycles. The molecule has 0 spiro atoms. The summed E-state index contributed by atoms with van der Waals surface area (Å²) < 4.78 is 0. The summed E-state index contributed by atoms with van der Waals surface area (Å²) in [6.45, 7) is 0. The molecule has 2 saturated carbocycles. The Balaban J connectivity index is 1.38. The van der Waals surface area contributed by atoms with Crippen LogP contribution in [-0.2, 0) is 11.2 Å². The van der Waals surface area contributed by atoms with Gasteiger partial charge < -0.3 is 15.6 Å². The van der Waals surface area contributed by atoms with Crippen molar-refractivity contribution in [2.45, 2.75) is 82.7 Å². The maximum Gasteiger partial charge on any atom is 0.227 e. The quantitative estimate of drug-likeness (QED) is 0.697. The van der Waals surface area contributed by atoms with Crippen molar-refractivity contribution in [1.29, 1.82) is 0 Å². The minimum atomic E-state index is 0.196. The lowest BCUT2D eigenvalue weighted by Gasteiger charge is -2.31. The van der Waals surface area contributed by atoms with E-state index in [9.17, 15) is 4.79 Å². The molecule has 0 aliphatic heterocycles. The van der Waals surface area contributed by atoms with Gasteiger partial charge >= 0.3 is 0 Å². The average Bonchev–Trinajstić information content (AvgIpc) is 3.00. The molecular formula is C23H31N3O. The van der Waals surface area contributed by atoms with E-state index in [0.29, 0.717) is 12.1 Å². The maximum atomic E-state index is 12.3. The number of amides is 1. The fourth-order valence-corrected chi connectivity index (χ4v) is 5.18. The molecule has 3 N–H and O–H groups in total. The topological polar surface area (TPSA) is 56.9 Å². The summed E-state index contributed by atoms with van der Waals surface area (Å²) in [6, 6.07) is 7.51. The number of H-pyrrole nitrogens is 1. The van der Waals surface area contributed by atoms with Gasteiger partial charge in [0.15, 0.2) is 0 Å². The number of nitrogens with one attached hydrogen (secondary N) is 3. The SMILES string of the molecule is O=C(Nc1ccc2[nH]c3c(c2c1)CCCC3NC1CCCCC1)C1CCC1. The van der Waals surface area contributed by atoms with Crippen LogP contribution in [0.5, 0.6) is 0 Å². The van der Waals surface area contributed by atoms with Gasteiger partial charge in [-0.05, 0) is 68.7 Å². The highest BCUT2D eigenvalue weighted by Gasteiger charge is 2.28. The molecule has 1 unspecified atom stereocenters. The first-order valence-electron chi connectivity index (χ1n) is 11.0. The predicted octanol–water partition coefficient (Wildman–Crippen LogP) is 5.21. The average molecular weight is 366 g/mol. The molecule has 1 aromatic carbocycles. The zero-order valence-corrected chi connectivity index (χ0v) is 16.2. The third kappa shape index (κ3) is 3.40. The molecule has 3 aliphatic carbocycles. The molecule has 1 atom stereocenters. The van der Waals surface area contributed by atoms with Gasteiger partial charge in [-0.2, -0.15) is 0 Å².